The van der Waals surface area contributed by atoms with Gasteiger partial charge in [0, 0.05) is 11.4 Å². The summed E-state index contributed by atoms with van der Waals surface area (Å²) in [5.74, 6) is -0.474. The summed E-state index contributed by atoms with van der Waals surface area (Å²) in [6, 6.07) is 3.23. The topological polar surface area (TPSA) is 26.3 Å². The summed E-state index contributed by atoms with van der Waals surface area (Å²) in [4.78, 5) is 10.9. The highest BCUT2D eigenvalue weighted by atomic mass is 35.5. The molecule has 0 bridgehead atoms. The van der Waals surface area contributed by atoms with Gasteiger partial charge in [-0.2, -0.15) is 13.2 Å². The number of carbonyl (C=O) groups excluding carboxylic acids is 1. The van der Waals surface area contributed by atoms with Crippen molar-refractivity contribution < 1.29 is 22.7 Å². The summed E-state index contributed by atoms with van der Waals surface area (Å²) >= 11 is 5.59. The molecule has 0 aromatic heterocycles. The number of ether oxygens (including phenoxy) is 1. The highest BCUT2D eigenvalue weighted by Gasteiger charge is 2.31. The van der Waals surface area contributed by atoms with E-state index in [9.17, 15) is 18.0 Å². The minimum atomic E-state index is -4.44. The van der Waals surface area contributed by atoms with Gasteiger partial charge in [-0.3, -0.25) is 4.79 Å². The summed E-state index contributed by atoms with van der Waals surface area (Å²) in [7, 11) is 1.22. The average molecular weight is 267 g/mol. The van der Waals surface area contributed by atoms with Crippen LogP contribution in [0.1, 0.15) is 17.5 Å². The van der Waals surface area contributed by atoms with Gasteiger partial charge in [-0.05, 0) is 30.2 Å². The lowest BCUT2D eigenvalue weighted by atomic mass is 10.1. The molecule has 0 spiro atoms. The van der Waals surface area contributed by atoms with E-state index in [-0.39, 0.29) is 17.9 Å². The monoisotopic (exact) mass is 266 g/mol. The van der Waals surface area contributed by atoms with Crippen LogP contribution in [0.3, 0.4) is 0 Å². The second-order valence-corrected chi connectivity index (χ2v) is 3.86. The van der Waals surface area contributed by atoms with Gasteiger partial charge in [0.05, 0.1) is 12.7 Å². The fourth-order valence-electron chi connectivity index (χ4n) is 1.31. The average Bonchev–Trinajstić information content (AvgIpc) is 2.24. The third-order valence-corrected chi connectivity index (χ3v) is 2.35. The molecule has 17 heavy (non-hydrogen) atoms. The number of hydrogen-bond acceptors (Lipinski definition) is 2. The number of alkyl halides is 3. The molecule has 6 heteroatoms. The molecule has 0 aliphatic heterocycles. The molecule has 1 rings (SSSR count). The van der Waals surface area contributed by atoms with Crippen LogP contribution in [0.15, 0.2) is 18.2 Å². The van der Waals surface area contributed by atoms with E-state index in [1.807, 2.05) is 0 Å². The van der Waals surface area contributed by atoms with Crippen molar-refractivity contribution in [2.45, 2.75) is 19.0 Å². The summed E-state index contributed by atoms with van der Waals surface area (Å²) in [6.45, 7) is 0. The zero-order chi connectivity index (χ0) is 13.1. The number of rotatable bonds is 3. The van der Waals surface area contributed by atoms with Crippen molar-refractivity contribution in [3.8, 4) is 0 Å². The summed E-state index contributed by atoms with van der Waals surface area (Å²) in [6.07, 6.45) is -4.25. The molecular weight excluding hydrogens is 257 g/mol. The molecule has 1 aromatic rings. The molecule has 0 N–H and O–H groups in total. The third kappa shape index (κ3) is 4.26. The Labute approximate surface area is 101 Å². The fourth-order valence-corrected chi connectivity index (χ4v) is 1.56. The molecule has 0 unspecified atom stereocenters. The number of esters is 1. The Bertz CT molecular complexity index is 416. The van der Waals surface area contributed by atoms with Gasteiger partial charge >= 0.3 is 12.1 Å². The van der Waals surface area contributed by atoms with Gasteiger partial charge in [0.1, 0.15) is 0 Å². The molecule has 0 fully saturated rings. The van der Waals surface area contributed by atoms with Crippen LogP contribution in [0.4, 0.5) is 13.2 Å². The van der Waals surface area contributed by atoms with Crippen LogP contribution in [0, 0.1) is 0 Å². The molecule has 0 amide bonds. The number of methoxy groups -OCH3 is 1. The zero-order valence-electron chi connectivity index (χ0n) is 8.97. The van der Waals surface area contributed by atoms with Gasteiger partial charge in [-0.15, -0.1) is 0 Å². The molecule has 1 aromatic carbocycles. The zero-order valence-corrected chi connectivity index (χ0v) is 9.73. The van der Waals surface area contributed by atoms with Crippen LogP contribution in [0.25, 0.3) is 0 Å². The van der Waals surface area contributed by atoms with Crippen molar-refractivity contribution in [3.05, 3.63) is 34.3 Å². The van der Waals surface area contributed by atoms with Crippen molar-refractivity contribution in [3.63, 3.8) is 0 Å². The quantitative estimate of drug-likeness (QED) is 0.783. The maximum Gasteiger partial charge on any atom is 0.416 e. The molecule has 0 radical (unpaired) electrons. The summed E-state index contributed by atoms with van der Waals surface area (Å²) in [5.41, 5.74) is -0.458. The van der Waals surface area contributed by atoms with Gasteiger partial charge in [0.2, 0.25) is 0 Å². The van der Waals surface area contributed by atoms with E-state index in [0.717, 1.165) is 12.1 Å². The molecule has 0 atom stereocenters. The minimum absolute atomic E-state index is 0.000286. The van der Waals surface area contributed by atoms with Gasteiger partial charge in [-0.1, -0.05) is 11.6 Å². The number of halogens is 4. The van der Waals surface area contributed by atoms with Gasteiger partial charge in [-0.25, -0.2) is 0 Å². The largest absolute Gasteiger partial charge is 0.469 e. The van der Waals surface area contributed by atoms with Crippen LogP contribution < -0.4 is 0 Å². The predicted molar refractivity (Wildman–Crippen MR) is 56.8 cm³/mol. The maximum absolute atomic E-state index is 12.5. The maximum atomic E-state index is 12.5. The molecule has 0 heterocycles. The van der Waals surface area contributed by atoms with Crippen LogP contribution in [0.2, 0.25) is 5.02 Å². The SMILES string of the molecule is COC(=O)CCc1cc(Cl)cc(C(F)(F)F)c1. The lowest BCUT2D eigenvalue weighted by Crippen LogP contribution is -2.07. The fraction of sp³-hybridized carbons (Fsp3) is 0.364. The Balaban J connectivity index is 2.87. The Morgan fingerprint density at radius 1 is 1.35 bits per heavy atom. The first kappa shape index (κ1) is 13.8. The second-order valence-electron chi connectivity index (χ2n) is 3.42. The van der Waals surface area contributed by atoms with Crippen molar-refractivity contribution in [2.24, 2.45) is 0 Å². The van der Waals surface area contributed by atoms with E-state index in [0.29, 0.717) is 5.56 Å². The van der Waals surface area contributed by atoms with E-state index in [1.165, 1.54) is 13.2 Å². The highest BCUT2D eigenvalue weighted by molar-refractivity contribution is 6.30. The molecule has 94 valence electrons. The summed E-state index contributed by atoms with van der Waals surface area (Å²) < 4.78 is 41.8. The van der Waals surface area contributed by atoms with Crippen molar-refractivity contribution in [1.29, 1.82) is 0 Å². The predicted octanol–water partition coefficient (Wildman–Crippen LogP) is 3.46. The summed E-state index contributed by atoms with van der Waals surface area (Å²) in [5, 5.41) is -0.000286. The van der Waals surface area contributed by atoms with E-state index in [4.69, 9.17) is 11.6 Å². The number of carbonyl (C=O) groups is 1. The first-order valence-corrected chi connectivity index (χ1v) is 5.14. The molecule has 0 aliphatic rings. The van der Waals surface area contributed by atoms with Crippen LogP contribution in [-0.4, -0.2) is 13.1 Å². The number of benzene rings is 1. The highest BCUT2D eigenvalue weighted by Crippen LogP contribution is 2.32. The van der Waals surface area contributed by atoms with E-state index in [2.05, 4.69) is 4.74 Å². The first-order valence-electron chi connectivity index (χ1n) is 4.76. The third-order valence-electron chi connectivity index (χ3n) is 2.13. The second kappa shape index (κ2) is 5.40. The minimum Gasteiger partial charge on any atom is -0.469 e. The Morgan fingerprint density at radius 3 is 2.53 bits per heavy atom. The molecule has 0 saturated carbocycles. The molecular formula is C11H10ClF3O2. The lowest BCUT2D eigenvalue weighted by Gasteiger charge is -2.09. The Kier molecular flexibility index (Phi) is 4.40. The molecule has 0 saturated heterocycles. The van der Waals surface area contributed by atoms with E-state index in [1.54, 1.807) is 0 Å². The molecule has 0 aliphatic carbocycles. The van der Waals surface area contributed by atoms with E-state index >= 15 is 0 Å². The van der Waals surface area contributed by atoms with Crippen LogP contribution in [-0.2, 0) is 22.1 Å². The first-order chi connectivity index (χ1) is 7.82. The Morgan fingerprint density at radius 2 is 2.00 bits per heavy atom. The number of hydrogen-bond donors (Lipinski definition) is 0. The van der Waals surface area contributed by atoms with Crippen LogP contribution >= 0.6 is 11.6 Å². The van der Waals surface area contributed by atoms with Crippen molar-refractivity contribution in [1.82, 2.24) is 0 Å². The Hall–Kier alpha value is -1.23. The number of aryl methyl sites for hydroxylation is 1. The van der Waals surface area contributed by atoms with Crippen molar-refractivity contribution >= 4 is 17.6 Å². The van der Waals surface area contributed by atoms with Gasteiger partial charge < -0.3 is 4.74 Å². The van der Waals surface area contributed by atoms with Gasteiger partial charge in [0.25, 0.3) is 0 Å². The van der Waals surface area contributed by atoms with Crippen LogP contribution in [0.5, 0.6) is 0 Å². The smallest absolute Gasteiger partial charge is 0.416 e. The van der Waals surface area contributed by atoms with Gasteiger partial charge in [0.15, 0.2) is 0 Å². The van der Waals surface area contributed by atoms with Crippen molar-refractivity contribution in [2.75, 3.05) is 7.11 Å². The lowest BCUT2D eigenvalue weighted by molar-refractivity contribution is -0.140. The normalized spacial score (nSPS) is 11.4. The molecule has 2 nitrogen and oxygen atoms in total. The standard InChI is InChI=1S/C11H10ClF3O2/c1-17-10(16)3-2-7-4-8(11(13,14)15)6-9(12)5-7/h4-6H,2-3H2,1H3. The van der Waals surface area contributed by atoms with E-state index < -0.39 is 17.7 Å².